The summed E-state index contributed by atoms with van der Waals surface area (Å²) in [4.78, 5) is 11.2. The lowest BCUT2D eigenvalue weighted by atomic mass is 10.5. The zero-order valence-electron chi connectivity index (χ0n) is 7.05. The molecule has 0 amide bonds. The molecule has 12 heavy (non-hydrogen) atoms. The number of nitrogens with zero attached hydrogens (tertiary/aromatic N) is 1. The maximum atomic E-state index is 11.2. The highest BCUT2D eigenvalue weighted by molar-refractivity contribution is 7.80. The van der Waals surface area contributed by atoms with Crippen molar-refractivity contribution in [3.05, 3.63) is 22.1 Å². The normalized spacial score (nSPS) is 9.83. The molecule has 1 heterocycles. The van der Waals surface area contributed by atoms with Gasteiger partial charge < -0.3 is 5.32 Å². The van der Waals surface area contributed by atoms with Crippen LogP contribution in [-0.4, -0.2) is 21.4 Å². The van der Waals surface area contributed by atoms with Crippen molar-refractivity contribution in [1.29, 1.82) is 0 Å². The van der Waals surface area contributed by atoms with Gasteiger partial charge in [-0.05, 0) is 26.1 Å². The van der Waals surface area contributed by atoms with E-state index in [0.717, 1.165) is 5.69 Å². The van der Waals surface area contributed by atoms with Gasteiger partial charge >= 0.3 is 0 Å². The lowest BCUT2D eigenvalue weighted by Gasteiger charge is -2.03. The molecule has 0 unspecified atom stereocenters. The molecular formula is C7H11N3OS. The highest BCUT2D eigenvalue weighted by Crippen LogP contribution is 1.84. The quantitative estimate of drug-likeness (QED) is 0.616. The van der Waals surface area contributed by atoms with E-state index in [0.29, 0.717) is 11.7 Å². The summed E-state index contributed by atoms with van der Waals surface area (Å²) in [5, 5.41) is 6.12. The van der Waals surface area contributed by atoms with Gasteiger partial charge in [0.15, 0.2) is 5.11 Å². The minimum atomic E-state index is -0.126. The zero-order valence-corrected chi connectivity index (χ0v) is 7.86. The van der Waals surface area contributed by atoms with Gasteiger partial charge in [0, 0.05) is 18.3 Å². The molecule has 1 aromatic heterocycles. The van der Waals surface area contributed by atoms with Crippen molar-refractivity contribution in [2.75, 3.05) is 6.54 Å². The molecular weight excluding hydrogens is 174 g/mol. The number of H-pyrrole nitrogens is 1. The van der Waals surface area contributed by atoms with Crippen molar-refractivity contribution in [2.45, 2.75) is 13.8 Å². The van der Waals surface area contributed by atoms with Gasteiger partial charge in [-0.3, -0.25) is 9.89 Å². The lowest BCUT2D eigenvalue weighted by Crippen LogP contribution is -2.34. The van der Waals surface area contributed by atoms with Gasteiger partial charge in [-0.2, -0.15) is 4.68 Å². The van der Waals surface area contributed by atoms with Gasteiger partial charge in [-0.15, -0.1) is 0 Å². The summed E-state index contributed by atoms with van der Waals surface area (Å²) in [6.45, 7) is 4.45. The van der Waals surface area contributed by atoms with Crippen LogP contribution in [0.2, 0.25) is 0 Å². The Bertz CT molecular complexity index is 339. The van der Waals surface area contributed by atoms with Crippen molar-refractivity contribution in [3.8, 4) is 0 Å². The first-order valence-corrected chi connectivity index (χ1v) is 4.13. The maximum Gasteiger partial charge on any atom is 0.273 e. The predicted octanol–water partition coefficient (Wildman–Crippen LogP) is 0.227. The van der Waals surface area contributed by atoms with E-state index >= 15 is 0 Å². The molecule has 0 saturated heterocycles. The highest BCUT2D eigenvalue weighted by Gasteiger charge is 2.02. The van der Waals surface area contributed by atoms with Crippen LogP contribution in [0.3, 0.4) is 0 Å². The van der Waals surface area contributed by atoms with Gasteiger partial charge in [0.2, 0.25) is 0 Å². The Balaban J connectivity index is 2.95. The third-order valence-corrected chi connectivity index (χ3v) is 1.71. The van der Waals surface area contributed by atoms with Crippen LogP contribution in [0.25, 0.3) is 0 Å². The van der Waals surface area contributed by atoms with E-state index in [1.165, 1.54) is 10.7 Å². The number of hydrogen-bond acceptors (Lipinski definition) is 2. The summed E-state index contributed by atoms with van der Waals surface area (Å²) in [5.74, 6) is 0. The molecule has 0 aliphatic heterocycles. The minimum absolute atomic E-state index is 0.126. The summed E-state index contributed by atoms with van der Waals surface area (Å²) in [6, 6.07) is 1.50. The summed E-state index contributed by atoms with van der Waals surface area (Å²) >= 11 is 4.94. The van der Waals surface area contributed by atoms with Crippen LogP contribution in [0, 0.1) is 6.92 Å². The second-order valence-corrected chi connectivity index (χ2v) is 2.83. The highest BCUT2D eigenvalue weighted by atomic mass is 32.1. The minimum Gasteiger partial charge on any atom is -0.361 e. The molecule has 1 rings (SSSR count). The molecule has 2 N–H and O–H groups in total. The van der Waals surface area contributed by atoms with Crippen LogP contribution >= 0.6 is 12.2 Å². The monoisotopic (exact) mass is 185 g/mol. The van der Waals surface area contributed by atoms with E-state index in [1.54, 1.807) is 0 Å². The summed E-state index contributed by atoms with van der Waals surface area (Å²) in [6.07, 6.45) is 0. The molecule has 0 aliphatic rings. The predicted molar refractivity (Wildman–Crippen MR) is 51.5 cm³/mol. The number of aryl methyl sites for hydroxylation is 1. The number of nitrogens with one attached hydrogen (secondary N) is 2. The Labute approximate surface area is 75.6 Å². The maximum absolute atomic E-state index is 11.2. The number of hydrogen-bond donors (Lipinski definition) is 2. The average Bonchev–Trinajstić information content (AvgIpc) is 2.30. The standard InChI is InChI=1S/C7H11N3OS/c1-3-8-7(12)10-6(11)4-5(2)9-10/h4,9H,3H2,1-2H3,(H,8,12). The van der Waals surface area contributed by atoms with Crippen molar-refractivity contribution in [1.82, 2.24) is 15.1 Å². The first-order valence-electron chi connectivity index (χ1n) is 3.72. The van der Waals surface area contributed by atoms with Crippen LogP contribution in [0.1, 0.15) is 12.6 Å². The summed E-state index contributed by atoms with van der Waals surface area (Å²) < 4.78 is 1.31. The largest absolute Gasteiger partial charge is 0.361 e. The van der Waals surface area contributed by atoms with Crippen molar-refractivity contribution in [2.24, 2.45) is 0 Å². The zero-order chi connectivity index (χ0) is 9.14. The second-order valence-electron chi connectivity index (χ2n) is 2.45. The van der Waals surface area contributed by atoms with E-state index in [1.807, 2.05) is 13.8 Å². The van der Waals surface area contributed by atoms with Crippen molar-refractivity contribution < 1.29 is 0 Å². The molecule has 66 valence electrons. The third-order valence-electron chi connectivity index (χ3n) is 1.38. The van der Waals surface area contributed by atoms with E-state index in [9.17, 15) is 4.79 Å². The number of rotatable bonds is 1. The Hall–Kier alpha value is -1.10. The Morgan fingerprint density at radius 1 is 1.83 bits per heavy atom. The Morgan fingerprint density at radius 2 is 2.50 bits per heavy atom. The molecule has 0 aromatic carbocycles. The second kappa shape index (κ2) is 3.53. The molecule has 0 aliphatic carbocycles. The van der Waals surface area contributed by atoms with Gasteiger partial charge in [-0.25, -0.2) is 0 Å². The fourth-order valence-corrected chi connectivity index (χ4v) is 1.17. The summed E-state index contributed by atoms with van der Waals surface area (Å²) in [5.41, 5.74) is 0.679. The fraction of sp³-hybridized carbons (Fsp3) is 0.429. The smallest absolute Gasteiger partial charge is 0.273 e. The topological polar surface area (TPSA) is 49.8 Å². The average molecular weight is 185 g/mol. The fourth-order valence-electron chi connectivity index (χ4n) is 0.895. The van der Waals surface area contributed by atoms with Gasteiger partial charge in [0.05, 0.1) is 0 Å². The molecule has 0 spiro atoms. The first kappa shape index (κ1) is 8.99. The van der Waals surface area contributed by atoms with Crippen LogP contribution in [0.4, 0.5) is 0 Å². The third kappa shape index (κ3) is 1.73. The first-order chi connectivity index (χ1) is 5.65. The van der Waals surface area contributed by atoms with E-state index < -0.39 is 0 Å². The number of aromatic nitrogens is 2. The van der Waals surface area contributed by atoms with E-state index in [4.69, 9.17) is 12.2 Å². The number of aromatic amines is 1. The van der Waals surface area contributed by atoms with E-state index in [2.05, 4.69) is 10.4 Å². The summed E-state index contributed by atoms with van der Waals surface area (Å²) in [7, 11) is 0. The van der Waals surface area contributed by atoms with Crippen LogP contribution in [0.15, 0.2) is 10.9 Å². The molecule has 0 bridgehead atoms. The molecule has 1 aromatic rings. The van der Waals surface area contributed by atoms with Crippen LogP contribution in [0.5, 0.6) is 0 Å². The molecule has 0 fully saturated rings. The SMILES string of the molecule is CCNC(=S)n1[nH]c(C)cc1=O. The molecule has 0 atom stereocenters. The van der Waals surface area contributed by atoms with Gasteiger partial charge in [0.25, 0.3) is 5.56 Å². The van der Waals surface area contributed by atoms with Crippen molar-refractivity contribution >= 4 is 17.3 Å². The Morgan fingerprint density at radius 3 is 2.92 bits per heavy atom. The van der Waals surface area contributed by atoms with E-state index in [-0.39, 0.29) is 5.56 Å². The number of thiocarbonyl (C=S) groups is 1. The van der Waals surface area contributed by atoms with Crippen LogP contribution in [-0.2, 0) is 0 Å². The molecule has 4 nitrogen and oxygen atoms in total. The van der Waals surface area contributed by atoms with Crippen molar-refractivity contribution in [3.63, 3.8) is 0 Å². The molecule has 0 radical (unpaired) electrons. The molecule has 0 saturated carbocycles. The Kier molecular flexibility index (Phi) is 2.65. The van der Waals surface area contributed by atoms with Gasteiger partial charge in [-0.1, -0.05) is 0 Å². The molecule has 5 heteroatoms. The lowest BCUT2D eigenvalue weighted by molar-refractivity contribution is 0.831. The van der Waals surface area contributed by atoms with Gasteiger partial charge in [0.1, 0.15) is 0 Å². The van der Waals surface area contributed by atoms with Crippen LogP contribution < -0.4 is 10.9 Å².